The number of carboxylic acid groups (broad SMARTS) is 1. The molecule has 2 rings (SSSR count). The van der Waals surface area contributed by atoms with Gasteiger partial charge in [0, 0.05) is 36.6 Å². The molecule has 0 fully saturated rings. The molecule has 1 aliphatic heterocycles. The standard InChI is InChI=1S/C19H23N3O7/c1-4-9-29-10-8-20-12(2)16(19(23)24)17(18(13(20)3)22(27)28)14-6-5-7-15(11-14)21(25)26/h5-7,11,17H,4,8-10H2,1-3H3,(H,23,24)/p-1. The number of aliphatic carboxylic acids is 1. The summed E-state index contributed by atoms with van der Waals surface area (Å²) in [7, 11) is 0. The number of nitrogens with zero attached hydrogens (tertiary/aromatic N) is 3. The van der Waals surface area contributed by atoms with E-state index < -0.39 is 21.7 Å². The van der Waals surface area contributed by atoms with E-state index in [9.17, 15) is 30.1 Å². The van der Waals surface area contributed by atoms with Gasteiger partial charge in [-0.25, -0.2) is 0 Å². The van der Waals surface area contributed by atoms with Crippen LogP contribution in [0.15, 0.2) is 46.9 Å². The highest BCUT2D eigenvalue weighted by Crippen LogP contribution is 2.42. The molecule has 0 amide bonds. The summed E-state index contributed by atoms with van der Waals surface area (Å²) < 4.78 is 5.43. The minimum atomic E-state index is -1.56. The van der Waals surface area contributed by atoms with E-state index in [0.717, 1.165) is 12.5 Å². The fourth-order valence-corrected chi connectivity index (χ4v) is 3.47. The number of non-ortho nitro benzene ring substituents is 1. The molecule has 1 aromatic rings. The number of carboxylic acids is 1. The molecule has 0 radical (unpaired) electrons. The lowest BCUT2D eigenvalue weighted by molar-refractivity contribution is -0.432. The first-order valence-electron chi connectivity index (χ1n) is 9.07. The van der Waals surface area contributed by atoms with Gasteiger partial charge in [0.1, 0.15) is 5.92 Å². The Balaban J connectivity index is 2.61. The van der Waals surface area contributed by atoms with Gasteiger partial charge in [-0.1, -0.05) is 19.1 Å². The smallest absolute Gasteiger partial charge is 0.277 e. The molecule has 0 saturated carbocycles. The van der Waals surface area contributed by atoms with Crippen LogP contribution in [0.3, 0.4) is 0 Å². The fourth-order valence-electron chi connectivity index (χ4n) is 3.47. The average molecular weight is 404 g/mol. The Hall–Kier alpha value is -3.27. The van der Waals surface area contributed by atoms with Crippen LogP contribution in [-0.4, -0.2) is 40.5 Å². The predicted octanol–water partition coefficient (Wildman–Crippen LogP) is 1.95. The van der Waals surface area contributed by atoms with Crippen LogP contribution < -0.4 is 5.11 Å². The van der Waals surface area contributed by atoms with Crippen molar-refractivity contribution in [2.24, 2.45) is 0 Å². The number of allylic oxidation sites excluding steroid dienone is 3. The number of ether oxygens (including phenoxy) is 1. The van der Waals surface area contributed by atoms with Gasteiger partial charge in [-0.3, -0.25) is 20.2 Å². The van der Waals surface area contributed by atoms with Crippen molar-refractivity contribution in [3.8, 4) is 0 Å². The SMILES string of the molecule is CCCOCCN1C(C)=C(C(=O)[O-])C(c2cccc([N+](=O)[O-])c2)C([N+](=O)[O-])=C1C. The number of rotatable bonds is 9. The van der Waals surface area contributed by atoms with Crippen LogP contribution in [0.2, 0.25) is 0 Å². The van der Waals surface area contributed by atoms with Crippen molar-refractivity contribution in [3.63, 3.8) is 0 Å². The first kappa shape index (κ1) is 22.0. The predicted molar refractivity (Wildman–Crippen MR) is 101 cm³/mol. The normalized spacial score (nSPS) is 16.9. The summed E-state index contributed by atoms with van der Waals surface area (Å²) in [4.78, 5) is 35.2. The van der Waals surface area contributed by atoms with Crippen LogP contribution in [0.5, 0.6) is 0 Å². The number of hydrogen-bond acceptors (Lipinski definition) is 8. The van der Waals surface area contributed by atoms with Crippen molar-refractivity contribution in [2.75, 3.05) is 19.8 Å². The van der Waals surface area contributed by atoms with Gasteiger partial charge in [0.15, 0.2) is 0 Å². The lowest BCUT2D eigenvalue weighted by Gasteiger charge is -2.36. The second-order valence-electron chi connectivity index (χ2n) is 6.56. The van der Waals surface area contributed by atoms with E-state index in [1.165, 1.54) is 36.9 Å². The Kier molecular flexibility index (Phi) is 7.05. The van der Waals surface area contributed by atoms with Crippen LogP contribution >= 0.6 is 0 Å². The zero-order valence-electron chi connectivity index (χ0n) is 16.4. The molecule has 0 aromatic heterocycles. The van der Waals surface area contributed by atoms with Gasteiger partial charge in [0.05, 0.1) is 28.1 Å². The average Bonchev–Trinajstić information content (AvgIpc) is 2.66. The molecular formula is C19H22N3O7-. The Morgan fingerprint density at radius 2 is 1.83 bits per heavy atom. The van der Waals surface area contributed by atoms with E-state index in [4.69, 9.17) is 4.74 Å². The molecule has 0 saturated heterocycles. The van der Waals surface area contributed by atoms with Crippen LogP contribution in [0, 0.1) is 20.2 Å². The van der Waals surface area contributed by atoms with E-state index in [1.807, 2.05) is 6.92 Å². The Morgan fingerprint density at radius 3 is 2.38 bits per heavy atom. The van der Waals surface area contributed by atoms with Gasteiger partial charge in [0.2, 0.25) is 0 Å². The zero-order valence-corrected chi connectivity index (χ0v) is 16.4. The summed E-state index contributed by atoms with van der Waals surface area (Å²) in [6.07, 6.45) is 0.808. The zero-order chi connectivity index (χ0) is 21.7. The molecule has 1 unspecified atom stereocenters. The Morgan fingerprint density at radius 1 is 1.14 bits per heavy atom. The summed E-state index contributed by atoms with van der Waals surface area (Å²) in [6.45, 7) is 6.02. The van der Waals surface area contributed by atoms with Gasteiger partial charge < -0.3 is 19.5 Å². The molecule has 1 atom stereocenters. The lowest BCUT2D eigenvalue weighted by atomic mass is 9.83. The lowest BCUT2D eigenvalue weighted by Crippen LogP contribution is -2.39. The molecule has 156 valence electrons. The molecule has 1 aromatic carbocycles. The summed E-state index contributed by atoms with van der Waals surface area (Å²) in [5.74, 6) is -2.85. The molecule has 1 heterocycles. The van der Waals surface area contributed by atoms with Gasteiger partial charge in [-0.15, -0.1) is 0 Å². The maximum absolute atomic E-state index is 12.0. The van der Waals surface area contributed by atoms with Crippen molar-refractivity contribution in [2.45, 2.75) is 33.1 Å². The summed E-state index contributed by atoms with van der Waals surface area (Å²) >= 11 is 0. The minimum absolute atomic E-state index is 0.144. The maximum Gasteiger partial charge on any atom is 0.277 e. The first-order valence-corrected chi connectivity index (χ1v) is 9.07. The maximum atomic E-state index is 12.0. The van der Waals surface area contributed by atoms with Crippen LogP contribution in [0.25, 0.3) is 0 Å². The summed E-state index contributed by atoms with van der Waals surface area (Å²) in [5.41, 5.74) is -0.248. The highest BCUT2D eigenvalue weighted by atomic mass is 16.6. The quantitative estimate of drug-likeness (QED) is 0.346. The van der Waals surface area contributed by atoms with E-state index in [0.29, 0.717) is 6.61 Å². The minimum Gasteiger partial charge on any atom is -0.545 e. The molecule has 29 heavy (non-hydrogen) atoms. The van der Waals surface area contributed by atoms with Crippen molar-refractivity contribution in [3.05, 3.63) is 72.7 Å². The number of carbonyl (C=O) groups is 1. The highest BCUT2D eigenvalue weighted by molar-refractivity contribution is 5.89. The molecule has 10 nitrogen and oxygen atoms in total. The first-order chi connectivity index (χ1) is 13.7. The number of hydrogen-bond donors (Lipinski definition) is 0. The molecule has 1 aliphatic rings. The number of nitro groups is 2. The van der Waals surface area contributed by atoms with Crippen molar-refractivity contribution < 1.29 is 24.5 Å². The molecule has 10 heteroatoms. The Labute approximate surface area is 167 Å². The van der Waals surface area contributed by atoms with Crippen molar-refractivity contribution in [1.29, 1.82) is 0 Å². The summed E-state index contributed by atoms with van der Waals surface area (Å²) in [5, 5.41) is 35.0. The largest absolute Gasteiger partial charge is 0.545 e. The van der Waals surface area contributed by atoms with Gasteiger partial charge in [0.25, 0.3) is 11.4 Å². The Bertz CT molecular complexity index is 854. The molecule has 0 N–H and O–H groups in total. The monoisotopic (exact) mass is 404 g/mol. The topological polar surface area (TPSA) is 139 Å². The number of benzene rings is 1. The van der Waals surface area contributed by atoms with Gasteiger partial charge >= 0.3 is 0 Å². The van der Waals surface area contributed by atoms with E-state index in [1.54, 1.807) is 0 Å². The fraction of sp³-hybridized carbons (Fsp3) is 0.421. The number of nitro benzene ring substituents is 1. The van der Waals surface area contributed by atoms with Gasteiger partial charge in [-0.05, 0) is 25.8 Å². The van der Waals surface area contributed by atoms with E-state index >= 15 is 0 Å². The summed E-state index contributed by atoms with van der Waals surface area (Å²) in [6, 6.07) is 5.19. The van der Waals surface area contributed by atoms with Crippen molar-refractivity contribution >= 4 is 11.7 Å². The van der Waals surface area contributed by atoms with Crippen LogP contribution in [0.4, 0.5) is 5.69 Å². The second kappa shape index (κ2) is 9.28. The molecular weight excluding hydrogens is 382 g/mol. The van der Waals surface area contributed by atoms with Crippen LogP contribution in [0.1, 0.15) is 38.7 Å². The second-order valence-corrected chi connectivity index (χ2v) is 6.56. The third-order valence-corrected chi connectivity index (χ3v) is 4.77. The number of carbonyl (C=O) groups excluding carboxylic acids is 1. The van der Waals surface area contributed by atoms with Gasteiger partial charge in [-0.2, -0.15) is 0 Å². The third kappa shape index (κ3) is 4.60. The molecule has 0 bridgehead atoms. The van der Waals surface area contributed by atoms with Crippen molar-refractivity contribution in [1.82, 2.24) is 4.90 Å². The van der Waals surface area contributed by atoms with E-state index in [2.05, 4.69) is 0 Å². The third-order valence-electron chi connectivity index (χ3n) is 4.77. The molecule has 0 spiro atoms. The highest BCUT2D eigenvalue weighted by Gasteiger charge is 2.40. The van der Waals surface area contributed by atoms with Crippen LogP contribution in [-0.2, 0) is 9.53 Å². The van der Waals surface area contributed by atoms with E-state index in [-0.39, 0.29) is 47.1 Å². The molecule has 0 aliphatic carbocycles.